The standard InChI is InChI=1S/C17H23N3O5/c1-23-11-8-13(24-2)12(14(9-11)25-3)10-20-16(22)19-15(21)17(20)4-6-18-7-5-17/h8-9,18H,4-7,10H2,1-3H3,(H,19,21,22). The van der Waals surface area contributed by atoms with Crippen molar-refractivity contribution in [3.63, 3.8) is 0 Å². The topological polar surface area (TPSA) is 89.1 Å². The van der Waals surface area contributed by atoms with E-state index in [1.54, 1.807) is 38.4 Å². The molecule has 3 rings (SSSR count). The van der Waals surface area contributed by atoms with E-state index in [2.05, 4.69) is 10.6 Å². The van der Waals surface area contributed by atoms with Crippen LogP contribution in [0.1, 0.15) is 18.4 Å². The number of hydrogen-bond donors (Lipinski definition) is 2. The Morgan fingerprint density at radius 2 is 1.64 bits per heavy atom. The van der Waals surface area contributed by atoms with Gasteiger partial charge in [-0.15, -0.1) is 0 Å². The maximum atomic E-state index is 12.5. The van der Waals surface area contributed by atoms with Crippen molar-refractivity contribution < 1.29 is 23.8 Å². The Morgan fingerprint density at radius 1 is 1.04 bits per heavy atom. The summed E-state index contributed by atoms with van der Waals surface area (Å²) in [5, 5.41) is 5.69. The van der Waals surface area contributed by atoms with Crippen molar-refractivity contribution in [1.82, 2.24) is 15.5 Å². The van der Waals surface area contributed by atoms with E-state index in [1.165, 1.54) is 0 Å². The van der Waals surface area contributed by atoms with Crippen LogP contribution in [0.25, 0.3) is 0 Å². The van der Waals surface area contributed by atoms with Gasteiger partial charge in [-0.2, -0.15) is 0 Å². The maximum Gasteiger partial charge on any atom is 0.325 e. The molecule has 1 aromatic carbocycles. The lowest BCUT2D eigenvalue weighted by Crippen LogP contribution is -2.55. The van der Waals surface area contributed by atoms with Crippen molar-refractivity contribution in [2.45, 2.75) is 24.9 Å². The van der Waals surface area contributed by atoms with E-state index < -0.39 is 5.54 Å². The molecule has 1 spiro atoms. The minimum Gasteiger partial charge on any atom is -0.496 e. The molecule has 136 valence electrons. The Kier molecular flexibility index (Phi) is 4.71. The number of imide groups is 1. The van der Waals surface area contributed by atoms with E-state index in [9.17, 15) is 9.59 Å². The largest absolute Gasteiger partial charge is 0.496 e. The molecule has 2 saturated heterocycles. The molecule has 2 aliphatic rings. The van der Waals surface area contributed by atoms with Gasteiger partial charge in [0.05, 0.1) is 33.4 Å². The highest BCUT2D eigenvalue weighted by molar-refractivity contribution is 6.07. The molecule has 2 fully saturated rings. The molecule has 25 heavy (non-hydrogen) atoms. The second kappa shape index (κ2) is 6.79. The zero-order valence-electron chi connectivity index (χ0n) is 14.7. The SMILES string of the molecule is COc1cc(OC)c(CN2C(=O)NC(=O)C23CCNCC3)c(OC)c1. The lowest BCUT2D eigenvalue weighted by Gasteiger charge is -2.38. The number of hydrogen-bond acceptors (Lipinski definition) is 6. The summed E-state index contributed by atoms with van der Waals surface area (Å²) in [5.41, 5.74) is -0.119. The Bertz CT molecular complexity index is 660. The number of carbonyl (C=O) groups is 2. The van der Waals surface area contributed by atoms with E-state index in [-0.39, 0.29) is 18.5 Å². The van der Waals surface area contributed by atoms with Gasteiger partial charge in [0.15, 0.2) is 0 Å². The minimum absolute atomic E-state index is 0.216. The molecule has 8 heteroatoms. The van der Waals surface area contributed by atoms with Crippen LogP contribution in [0.15, 0.2) is 12.1 Å². The van der Waals surface area contributed by atoms with Crippen molar-refractivity contribution in [2.75, 3.05) is 34.4 Å². The molecule has 1 aromatic rings. The Morgan fingerprint density at radius 3 is 2.16 bits per heavy atom. The summed E-state index contributed by atoms with van der Waals surface area (Å²) in [5.74, 6) is 1.46. The third-order valence-corrected chi connectivity index (χ3v) is 4.97. The normalized spacial score (nSPS) is 19.1. The zero-order valence-corrected chi connectivity index (χ0v) is 14.7. The number of urea groups is 1. The highest BCUT2D eigenvalue weighted by atomic mass is 16.5. The summed E-state index contributed by atoms with van der Waals surface area (Å²) in [4.78, 5) is 26.5. The fourth-order valence-electron chi connectivity index (χ4n) is 3.55. The van der Waals surface area contributed by atoms with Crippen LogP contribution < -0.4 is 24.8 Å². The van der Waals surface area contributed by atoms with Crippen molar-refractivity contribution in [3.8, 4) is 17.2 Å². The van der Waals surface area contributed by atoms with Gasteiger partial charge in [0.2, 0.25) is 0 Å². The Hall–Kier alpha value is -2.48. The van der Waals surface area contributed by atoms with Gasteiger partial charge >= 0.3 is 6.03 Å². The molecular formula is C17H23N3O5. The number of nitrogens with zero attached hydrogens (tertiary/aromatic N) is 1. The molecule has 3 amide bonds. The Labute approximate surface area is 146 Å². The highest BCUT2D eigenvalue weighted by Crippen LogP contribution is 2.39. The number of ether oxygens (including phenoxy) is 3. The van der Waals surface area contributed by atoms with Crippen molar-refractivity contribution >= 4 is 11.9 Å². The monoisotopic (exact) mass is 349 g/mol. The third-order valence-electron chi connectivity index (χ3n) is 4.97. The number of benzene rings is 1. The highest BCUT2D eigenvalue weighted by Gasteiger charge is 2.53. The molecule has 2 N–H and O–H groups in total. The molecular weight excluding hydrogens is 326 g/mol. The number of carbonyl (C=O) groups excluding carboxylic acids is 2. The van der Waals surface area contributed by atoms with E-state index in [1.807, 2.05) is 0 Å². The number of piperidine rings is 1. The first-order valence-corrected chi connectivity index (χ1v) is 8.18. The minimum atomic E-state index is -0.821. The summed E-state index contributed by atoms with van der Waals surface area (Å²) < 4.78 is 16.2. The van der Waals surface area contributed by atoms with Gasteiger partial charge in [0.1, 0.15) is 22.8 Å². The van der Waals surface area contributed by atoms with E-state index in [0.29, 0.717) is 48.7 Å². The molecule has 8 nitrogen and oxygen atoms in total. The van der Waals surface area contributed by atoms with Crippen LogP contribution in [-0.4, -0.2) is 56.8 Å². The Balaban J connectivity index is 2.00. The molecule has 0 bridgehead atoms. The number of rotatable bonds is 5. The summed E-state index contributed by atoms with van der Waals surface area (Å²) in [7, 11) is 4.66. The molecule has 2 heterocycles. The smallest absolute Gasteiger partial charge is 0.325 e. The first-order valence-electron chi connectivity index (χ1n) is 8.18. The van der Waals surface area contributed by atoms with Crippen molar-refractivity contribution in [2.24, 2.45) is 0 Å². The predicted molar refractivity (Wildman–Crippen MR) is 90.0 cm³/mol. The quantitative estimate of drug-likeness (QED) is 0.768. The molecule has 2 aliphatic heterocycles. The van der Waals surface area contributed by atoms with Crippen LogP contribution >= 0.6 is 0 Å². The van der Waals surface area contributed by atoms with Crippen molar-refractivity contribution in [1.29, 1.82) is 0 Å². The molecule has 0 radical (unpaired) electrons. The van der Waals surface area contributed by atoms with E-state index in [4.69, 9.17) is 14.2 Å². The second-order valence-electron chi connectivity index (χ2n) is 6.14. The average Bonchev–Trinajstić information content (AvgIpc) is 2.86. The van der Waals surface area contributed by atoms with Gasteiger partial charge in [-0.05, 0) is 25.9 Å². The van der Waals surface area contributed by atoms with Gasteiger partial charge in [0, 0.05) is 12.1 Å². The molecule has 0 aliphatic carbocycles. The van der Waals surface area contributed by atoms with Crippen LogP contribution in [0.2, 0.25) is 0 Å². The van der Waals surface area contributed by atoms with E-state index in [0.717, 1.165) is 0 Å². The van der Waals surface area contributed by atoms with Crippen LogP contribution in [0.5, 0.6) is 17.2 Å². The fraction of sp³-hybridized carbons (Fsp3) is 0.529. The van der Waals surface area contributed by atoms with Gasteiger partial charge in [0.25, 0.3) is 5.91 Å². The molecule has 0 saturated carbocycles. The second-order valence-corrected chi connectivity index (χ2v) is 6.14. The summed E-state index contributed by atoms with van der Waals surface area (Å²) in [6.45, 7) is 1.59. The predicted octanol–water partition coefficient (Wildman–Crippen LogP) is 0.886. The first kappa shape index (κ1) is 17.3. The summed E-state index contributed by atoms with van der Waals surface area (Å²) >= 11 is 0. The van der Waals surface area contributed by atoms with Gasteiger partial charge in [-0.25, -0.2) is 4.79 Å². The van der Waals surface area contributed by atoms with Crippen LogP contribution in [0, 0.1) is 0 Å². The molecule has 0 unspecified atom stereocenters. The first-order chi connectivity index (χ1) is 12.1. The van der Waals surface area contributed by atoms with Crippen molar-refractivity contribution in [3.05, 3.63) is 17.7 Å². The third kappa shape index (κ3) is 2.86. The van der Waals surface area contributed by atoms with E-state index >= 15 is 0 Å². The van der Waals surface area contributed by atoms with Crippen LogP contribution in [0.4, 0.5) is 4.79 Å². The number of methoxy groups -OCH3 is 3. The van der Waals surface area contributed by atoms with Gasteiger partial charge < -0.3 is 24.4 Å². The lowest BCUT2D eigenvalue weighted by atomic mass is 9.86. The average molecular weight is 349 g/mol. The molecule has 0 aromatic heterocycles. The molecule has 0 atom stereocenters. The maximum absolute atomic E-state index is 12.5. The number of nitrogens with one attached hydrogen (secondary N) is 2. The van der Waals surface area contributed by atoms with Crippen LogP contribution in [0.3, 0.4) is 0 Å². The van der Waals surface area contributed by atoms with Gasteiger partial charge in [-0.3, -0.25) is 10.1 Å². The van der Waals surface area contributed by atoms with Crippen LogP contribution in [-0.2, 0) is 11.3 Å². The zero-order chi connectivity index (χ0) is 18.0. The van der Waals surface area contributed by atoms with Gasteiger partial charge in [-0.1, -0.05) is 0 Å². The lowest BCUT2D eigenvalue weighted by molar-refractivity contribution is -0.128. The summed E-state index contributed by atoms with van der Waals surface area (Å²) in [6, 6.07) is 3.10. The number of amides is 3. The summed E-state index contributed by atoms with van der Waals surface area (Å²) in [6.07, 6.45) is 1.15. The fourth-order valence-corrected chi connectivity index (χ4v) is 3.55.